The number of nitrogens with one attached hydrogen (secondary N) is 1. The predicted molar refractivity (Wildman–Crippen MR) is 82.5 cm³/mol. The van der Waals surface area contributed by atoms with Crippen LogP contribution in [-0.2, 0) is 0 Å². The summed E-state index contributed by atoms with van der Waals surface area (Å²) in [6.45, 7) is 6.18. The van der Waals surface area contributed by atoms with Crippen molar-refractivity contribution in [1.82, 2.24) is 9.36 Å². The molecule has 1 atom stereocenters. The Bertz CT molecular complexity index is 569. The molecule has 1 unspecified atom stereocenters. The Hall–Kier alpha value is -0.840. The highest BCUT2D eigenvalue weighted by Gasteiger charge is 2.13. The highest BCUT2D eigenvalue weighted by atomic mass is 35.5. The third-order valence-corrected chi connectivity index (χ3v) is 3.95. The van der Waals surface area contributed by atoms with E-state index in [1.807, 2.05) is 19.1 Å². The lowest BCUT2D eigenvalue weighted by Crippen LogP contribution is -2.07. The van der Waals surface area contributed by atoms with E-state index in [9.17, 15) is 0 Å². The van der Waals surface area contributed by atoms with Crippen LogP contribution in [0.15, 0.2) is 18.2 Å². The molecule has 0 spiro atoms. The molecule has 19 heavy (non-hydrogen) atoms. The van der Waals surface area contributed by atoms with Crippen LogP contribution in [0, 0.1) is 0 Å². The van der Waals surface area contributed by atoms with Gasteiger partial charge in [0.1, 0.15) is 5.82 Å². The van der Waals surface area contributed by atoms with Gasteiger partial charge in [-0.2, -0.15) is 4.37 Å². The minimum absolute atomic E-state index is 0.0535. The Morgan fingerprint density at radius 1 is 1.21 bits per heavy atom. The maximum atomic E-state index is 6.19. The summed E-state index contributed by atoms with van der Waals surface area (Å²) in [6, 6.07) is 5.56. The molecule has 0 aliphatic rings. The van der Waals surface area contributed by atoms with Crippen LogP contribution in [0.2, 0.25) is 10.0 Å². The first-order valence-electron chi connectivity index (χ1n) is 6.02. The highest BCUT2D eigenvalue weighted by Crippen LogP contribution is 2.29. The molecule has 1 N–H and O–H groups in total. The lowest BCUT2D eigenvalue weighted by Gasteiger charge is -2.14. The van der Waals surface area contributed by atoms with Crippen LogP contribution in [0.5, 0.6) is 0 Å². The molecule has 1 heterocycles. The molecule has 0 fully saturated rings. The second kappa shape index (κ2) is 6.07. The Kier molecular flexibility index (Phi) is 4.66. The van der Waals surface area contributed by atoms with E-state index in [2.05, 4.69) is 28.5 Å². The van der Waals surface area contributed by atoms with E-state index in [1.54, 1.807) is 6.07 Å². The zero-order chi connectivity index (χ0) is 14.0. The number of halogens is 2. The van der Waals surface area contributed by atoms with Gasteiger partial charge in [0, 0.05) is 27.5 Å². The van der Waals surface area contributed by atoms with Gasteiger partial charge >= 0.3 is 0 Å². The maximum Gasteiger partial charge on any atom is 0.203 e. The summed E-state index contributed by atoms with van der Waals surface area (Å²) in [5.41, 5.74) is 0.993. The average molecular weight is 316 g/mol. The average Bonchev–Trinajstić information content (AvgIpc) is 2.77. The van der Waals surface area contributed by atoms with Crippen molar-refractivity contribution in [2.45, 2.75) is 32.7 Å². The molecular formula is C13H15Cl2N3S. The topological polar surface area (TPSA) is 37.8 Å². The molecule has 0 bridgehead atoms. The van der Waals surface area contributed by atoms with Crippen molar-refractivity contribution in [3.8, 4) is 0 Å². The van der Waals surface area contributed by atoms with Crippen molar-refractivity contribution in [2.24, 2.45) is 0 Å². The second-order valence-corrected chi connectivity index (χ2v) is 6.24. The molecule has 0 aliphatic heterocycles. The molecule has 0 saturated carbocycles. The smallest absolute Gasteiger partial charge is 0.203 e. The second-order valence-electron chi connectivity index (χ2n) is 4.64. The van der Waals surface area contributed by atoms with Gasteiger partial charge in [-0.05, 0) is 24.6 Å². The maximum absolute atomic E-state index is 6.19. The molecule has 0 aliphatic carbocycles. The standard InChI is InChI=1S/C13H15Cl2N3S/c1-7(2)12-17-13(19-18-12)16-8(3)10-5-4-9(14)6-11(10)15/h4-8H,1-3H3,(H,16,17,18). The lowest BCUT2D eigenvalue weighted by molar-refractivity contribution is 0.795. The molecule has 3 nitrogen and oxygen atoms in total. The SMILES string of the molecule is CC(C)c1nsc(NC(C)c2ccc(Cl)cc2Cl)n1. The monoisotopic (exact) mass is 315 g/mol. The van der Waals surface area contributed by atoms with Gasteiger partial charge in [-0.15, -0.1) is 0 Å². The Labute approximate surface area is 127 Å². The van der Waals surface area contributed by atoms with Crippen LogP contribution in [-0.4, -0.2) is 9.36 Å². The Balaban J connectivity index is 2.13. The van der Waals surface area contributed by atoms with E-state index < -0.39 is 0 Å². The largest absolute Gasteiger partial charge is 0.354 e. The van der Waals surface area contributed by atoms with Gasteiger partial charge in [-0.3, -0.25) is 0 Å². The fraction of sp³-hybridized carbons (Fsp3) is 0.385. The van der Waals surface area contributed by atoms with Gasteiger partial charge in [-0.25, -0.2) is 4.98 Å². The third-order valence-electron chi connectivity index (χ3n) is 2.73. The van der Waals surface area contributed by atoms with Crippen molar-refractivity contribution in [1.29, 1.82) is 0 Å². The Morgan fingerprint density at radius 3 is 2.53 bits per heavy atom. The summed E-state index contributed by atoms with van der Waals surface area (Å²) in [4.78, 5) is 4.45. The van der Waals surface area contributed by atoms with Crippen molar-refractivity contribution >= 4 is 39.9 Å². The van der Waals surface area contributed by atoms with Crippen molar-refractivity contribution in [2.75, 3.05) is 5.32 Å². The van der Waals surface area contributed by atoms with Gasteiger partial charge in [0.15, 0.2) is 0 Å². The quantitative estimate of drug-likeness (QED) is 0.848. The first-order chi connectivity index (χ1) is 8.97. The first-order valence-corrected chi connectivity index (χ1v) is 7.55. The van der Waals surface area contributed by atoms with Crippen LogP contribution in [0.3, 0.4) is 0 Å². The molecule has 0 saturated heterocycles. The van der Waals surface area contributed by atoms with Crippen LogP contribution in [0.1, 0.15) is 44.1 Å². The zero-order valence-electron chi connectivity index (χ0n) is 10.9. The van der Waals surface area contributed by atoms with E-state index in [0.29, 0.717) is 16.0 Å². The summed E-state index contributed by atoms with van der Waals surface area (Å²) in [5.74, 6) is 1.20. The van der Waals surface area contributed by atoms with Crippen LogP contribution in [0.25, 0.3) is 0 Å². The first kappa shape index (κ1) is 14.6. The van der Waals surface area contributed by atoms with Gasteiger partial charge < -0.3 is 5.32 Å². The van der Waals surface area contributed by atoms with Crippen molar-refractivity contribution < 1.29 is 0 Å². The molecule has 2 rings (SSSR count). The number of hydrogen-bond donors (Lipinski definition) is 1. The normalized spacial score (nSPS) is 12.7. The predicted octanol–water partition coefficient (Wildman–Crippen LogP) is 5.14. The van der Waals surface area contributed by atoms with E-state index in [0.717, 1.165) is 16.5 Å². The van der Waals surface area contributed by atoms with Gasteiger partial charge in [0.25, 0.3) is 0 Å². The molecule has 0 amide bonds. The molecule has 0 radical (unpaired) electrons. The fourth-order valence-electron chi connectivity index (χ4n) is 1.64. The molecule has 2 aromatic rings. The Morgan fingerprint density at radius 2 is 1.95 bits per heavy atom. The fourth-order valence-corrected chi connectivity index (χ4v) is 3.01. The van der Waals surface area contributed by atoms with E-state index in [1.165, 1.54) is 11.5 Å². The van der Waals surface area contributed by atoms with E-state index >= 15 is 0 Å². The number of aromatic nitrogens is 2. The van der Waals surface area contributed by atoms with Crippen molar-refractivity contribution in [3.05, 3.63) is 39.6 Å². The molecule has 1 aromatic carbocycles. The minimum Gasteiger partial charge on any atom is -0.354 e. The summed E-state index contributed by atoms with van der Waals surface area (Å²) >= 11 is 13.5. The lowest BCUT2D eigenvalue weighted by atomic mass is 10.1. The van der Waals surface area contributed by atoms with Crippen molar-refractivity contribution in [3.63, 3.8) is 0 Å². The molecule has 1 aromatic heterocycles. The van der Waals surface area contributed by atoms with Gasteiger partial charge in [0.2, 0.25) is 5.13 Å². The third kappa shape index (κ3) is 3.59. The summed E-state index contributed by atoms with van der Waals surface area (Å²) in [7, 11) is 0. The van der Waals surface area contributed by atoms with E-state index in [-0.39, 0.29) is 6.04 Å². The van der Waals surface area contributed by atoms with Crippen LogP contribution < -0.4 is 5.32 Å². The summed E-state index contributed by atoms with van der Waals surface area (Å²) in [5, 5.41) is 5.41. The number of hydrogen-bond acceptors (Lipinski definition) is 4. The number of nitrogens with zero attached hydrogens (tertiary/aromatic N) is 2. The highest BCUT2D eigenvalue weighted by molar-refractivity contribution is 7.09. The molecule has 102 valence electrons. The minimum atomic E-state index is 0.0535. The number of anilines is 1. The number of benzene rings is 1. The zero-order valence-corrected chi connectivity index (χ0v) is 13.3. The summed E-state index contributed by atoms with van der Waals surface area (Å²) < 4.78 is 4.31. The number of rotatable bonds is 4. The van der Waals surface area contributed by atoms with Gasteiger partial charge in [-0.1, -0.05) is 43.1 Å². The van der Waals surface area contributed by atoms with Crippen LogP contribution in [0.4, 0.5) is 5.13 Å². The molecular weight excluding hydrogens is 301 g/mol. The van der Waals surface area contributed by atoms with E-state index in [4.69, 9.17) is 23.2 Å². The van der Waals surface area contributed by atoms with Crippen LogP contribution >= 0.6 is 34.7 Å². The molecule has 6 heteroatoms. The summed E-state index contributed by atoms with van der Waals surface area (Å²) in [6.07, 6.45) is 0. The van der Waals surface area contributed by atoms with Gasteiger partial charge in [0.05, 0.1) is 6.04 Å².